The molecule has 0 spiro atoms. The zero-order valence-corrected chi connectivity index (χ0v) is 11.6. The van der Waals surface area contributed by atoms with Gasteiger partial charge in [0.2, 0.25) is 10.0 Å². The van der Waals surface area contributed by atoms with E-state index in [-0.39, 0.29) is 10.6 Å². The third kappa shape index (κ3) is 5.43. The number of methoxy groups -OCH3 is 1. The highest BCUT2D eigenvalue weighted by Crippen LogP contribution is 2.21. The number of rotatable bonds is 8. The van der Waals surface area contributed by atoms with Crippen LogP contribution in [0.25, 0.3) is 0 Å². The smallest absolute Gasteiger partial charge is 0.240 e. The minimum Gasteiger partial charge on any atom is -0.398 e. The molecule has 0 aromatic heterocycles. The Morgan fingerprint density at radius 2 is 2.00 bits per heavy atom. The summed E-state index contributed by atoms with van der Waals surface area (Å²) in [7, 11) is -2.17. The summed E-state index contributed by atoms with van der Waals surface area (Å²) < 4.78 is 32.4. The Labute approximate surface area is 112 Å². The maximum Gasteiger partial charge on any atom is 0.240 e. The molecule has 0 unspecified atom stereocenters. The molecule has 7 nitrogen and oxygen atoms in total. The predicted molar refractivity (Wildman–Crippen MR) is 73.4 cm³/mol. The fourth-order valence-electron chi connectivity index (χ4n) is 1.43. The molecule has 0 fully saturated rings. The summed E-state index contributed by atoms with van der Waals surface area (Å²) in [4.78, 5) is -0.0746. The standard InChI is InChI=1S/C11H19N3O4S/c1-17-6-7-18-5-4-14-9-2-3-11(10(12)8-9)19(13,15)16/h2-3,8,14H,4-7,12H2,1H3,(H2,13,15,16). The fraction of sp³-hybridized carbons (Fsp3) is 0.455. The number of nitrogen functional groups attached to an aromatic ring is 1. The van der Waals surface area contributed by atoms with Crippen LogP contribution >= 0.6 is 0 Å². The van der Waals surface area contributed by atoms with Gasteiger partial charge in [-0.2, -0.15) is 0 Å². The maximum atomic E-state index is 11.2. The molecule has 0 amide bonds. The average molecular weight is 289 g/mol. The summed E-state index contributed by atoms with van der Waals surface area (Å²) in [5.74, 6) is 0. The van der Waals surface area contributed by atoms with Gasteiger partial charge in [0.1, 0.15) is 4.90 Å². The lowest BCUT2D eigenvalue weighted by Gasteiger charge is -2.09. The van der Waals surface area contributed by atoms with Crippen LogP contribution in [0.4, 0.5) is 11.4 Å². The van der Waals surface area contributed by atoms with Crippen molar-refractivity contribution in [3.05, 3.63) is 18.2 Å². The van der Waals surface area contributed by atoms with E-state index in [1.807, 2.05) is 0 Å². The summed E-state index contributed by atoms with van der Waals surface area (Å²) in [6.45, 7) is 2.18. The van der Waals surface area contributed by atoms with Crippen LogP contribution in [0.5, 0.6) is 0 Å². The molecule has 0 saturated carbocycles. The van der Waals surface area contributed by atoms with Crippen molar-refractivity contribution in [2.45, 2.75) is 4.90 Å². The molecule has 1 rings (SSSR count). The SMILES string of the molecule is COCCOCCNc1ccc(S(N)(=O)=O)c(N)c1. The average Bonchev–Trinajstić information content (AvgIpc) is 2.32. The Hall–Kier alpha value is -1.35. The second kappa shape index (κ2) is 7.29. The molecule has 5 N–H and O–H groups in total. The van der Waals surface area contributed by atoms with Gasteiger partial charge in [0.05, 0.1) is 25.5 Å². The quantitative estimate of drug-likeness (QED) is 0.458. The lowest BCUT2D eigenvalue weighted by Crippen LogP contribution is -2.15. The molecular formula is C11H19N3O4S. The molecule has 1 aromatic rings. The van der Waals surface area contributed by atoms with Gasteiger partial charge in [-0.3, -0.25) is 0 Å². The number of hydrogen-bond donors (Lipinski definition) is 3. The van der Waals surface area contributed by atoms with Crippen molar-refractivity contribution in [3.8, 4) is 0 Å². The normalized spacial score (nSPS) is 11.5. The first kappa shape index (κ1) is 15.7. The van der Waals surface area contributed by atoms with Crippen molar-refractivity contribution in [1.29, 1.82) is 0 Å². The first-order chi connectivity index (χ1) is 8.95. The minimum atomic E-state index is -3.78. The van der Waals surface area contributed by atoms with E-state index in [1.54, 1.807) is 13.2 Å². The minimum absolute atomic E-state index is 0.0746. The van der Waals surface area contributed by atoms with E-state index >= 15 is 0 Å². The van der Waals surface area contributed by atoms with E-state index in [1.165, 1.54) is 12.1 Å². The number of nitrogens with one attached hydrogen (secondary N) is 1. The number of nitrogens with two attached hydrogens (primary N) is 2. The monoisotopic (exact) mass is 289 g/mol. The number of primary sulfonamides is 1. The van der Waals surface area contributed by atoms with Gasteiger partial charge in [0.15, 0.2) is 0 Å². The summed E-state index contributed by atoms with van der Waals surface area (Å²) in [6.07, 6.45) is 0. The van der Waals surface area contributed by atoms with Crippen molar-refractivity contribution < 1.29 is 17.9 Å². The summed E-state index contributed by atoms with van der Waals surface area (Å²) in [5, 5.41) is 8.08. The summed E-state index contributed by atoms with van der Waals surface area (Å²) >= 11 is 0. The van der Waals surface area contributed by atoms with Gasteiger partial charge >= 0.3 is 0 Å². The van der Waals surface area contributed by atoms with Gasteiger partial charge in [-0.05, 0) is 18.2 Å². The van der Waals surface area contributed by atoms with Crippen LogP contribution in [0.3, 0.4) is 0 Å². The zero-order chi connectivity index (χ0) is 14.3. The number of sulfonamides is 1. The number of hydrogen-bond acceptors (Lipinski definition) is 6. The van der Waals surface area contributed by atoms with Gasteiger partial charge in [0.25, 0.3) is 0 Å². The molecule has 0 aliphatic carbocycles. The molecule has 0 bridgehead atoms. The highest BCUT2D eigenvalue weighted by molar-refractivity contribution is 7.89. The summed E-state index contributed by atoms with van der Waals surface area (Å²) in [6, 6.07) is 4.50. The van der Waals surface area contributed by atoms with Crippen LogP contribution in [0.1, 0.15) is 0 Å². The fourth-order valence-corrected chi connectivity index (χ4v) is 2.07. The Kier molecular flexibility index (Phi) is 6.03. The highest BCUT2D eigenvalue weighted by atomic mass is 32.2. The van der Waals surface area contributed by atoms with E-state index < -0.39 is 10.0 Å². The lowest BCUT2D eigenvalue weighted by molar-refractivity contribution is 0.0759. The van der Waals surface area contributed by atoms with E-state index in [0.29, 0.717) is 32.1 Å². The van der Waals surface area contributed by atoms with Crippen molar-refractivity contribution >= 4 is 21.4 Å². The predicted octanol–water partition coefficient (Wildman–Crippen LogP) is -0.00890. The summed E-state index contributed by atoms with van der Waals surface area (Å²) in [5.41, 5.74) is 6.46. The van der Waals surface area contributed by atoms with Crippen LogP contribution in [0.15, 0.2) is 23.1 Å². The largest absolute Gasteiger partial charge is 0.398 e. The molecule has 0 atom stereocenters. The van der Waals surface area contributed by atoms with Gasteiger partial charge in [0, 0.05) is 19.3 Å². The topological polar surface area (TPSA) is 117 Å². The van der Waals surface area contributed by atoms with Crippen molar-refractivity contribution in [2.24, 2.45) is 5.14 Å². The molecule has 0 saturated heterocycles. The Balaban J connectivity index is 2.46. The first-order valence-electron chi connectivity index (χ1n) is 5.68. The highest BCUT2D eigenvalue weighted by Gasteiger charge is 2.11. The van der Waals surface area contributed by atoms with Crippen molar-refractivity contribution in [3.63, 3.8) is 0 Å². The molecule has 8 heteroatoms. The van der Waals surface area contributed by atoms with Crippen molar-refractivity contribution in [1.82, 2.24) is 0 Å². The maximum absolute atomic E-state index is 11.2. The van der Waals surface area contributed by atoms with E-state index in [4.69, 9.17) is 20.3 Å². The molecule has 0 aliphatic heterocycles. The molecule has 19 heavy (non-hydrogen) atoms. The number of anilines is 2. The molecule has 1 aromatic carbocycles. The Morgan fingerprint density at radius 3 is 2.58 bits per heavy atom. The first-order valence-corrected chi connectivity index (χ1v) is 7.22. The number of ether oxygens (including phenoxy) is 2. The molecule has 108 valence electrons. The van der Waals surface area contributed by atoms with Crippen molar-refractivity contribution in [2.75, 3.05) is 44.5 Å². The zero-order valence-electron chi connectivity index (χ0n) is 10.8. The molecular weight excluding hydrogens is 270 g/mol. The van der Waals surface area contributed by atoms with Crippen LogP contribution in [-0.2, 0) is 19.5 Å². The van der Waals surface area contributed by atoms with Crippen LogP contribution in [0, 0.1) is 0 Å². The second-order valence-corrected chi connectivity index (χ2v) is 5.36. The molecule has 0 radical (unpaired) electrons. The second-order valence-electron chi connectivity index (χ2n) is 3.83. The van der Waals surface area contributed by atoms with Gasteiger partial charge in [-0.1, -0.05) is 0 Å². The van der Waals surface area contributed by atoms with Gasteiger partial charge in [-0.25, -0.2) is 13.6 Å². The van der Waals surface area contributed by atoms with Crippen LogP contribution < -0.4 is 16.2 Å². The van der Waals surface area contributed by atoms with Gasteiger partial charge in [-0.15, -0.1) is 0 Å². The Morgan fingerprint density at radius 1 is 1.26 bits per heavy atom. The Bertz CT molecular complexity index is 505. The third-order valence-electron chi connectivity index (χ3n) is 2.32. The molecule has 0 heterocycles. The van der Waals surface area contributed by atoms with Gasteiger partial charge < -0.3 is 20.5 Å². The van der Waals surface area contributed by atoms with E-state index in [2.05, 4.69) is 5.32 Å². The van der Waals surface area contributed by atoms with E-state index in [9.17, 15) is 8.42 Å². The van der Waals surface area contributed by atoms with Crippen LogP contribution in [-0.4, -0.2) is 41.9 Å². The number of benzene rings is 1. The molecule has 0 aliphatic rings. The van der Waals surface area contributed by atoms with Crippen LogP contribution in [0.2, 0.25) is 0 Å². The van der Waals surface area contributed by atoms with E-state index in [0.717, 1.165) is 0 Å². The third-order valence-corrected chi connectivity index (χ3v) is 3.31. The lowest BCUT2D eigenvalue weighted by atomic mass is 10.3.